The van der Waals surface area contributed by atoms with E-state index in [1.54, 1.807) is 30.0 Å². The Bertz CT molecular complexity index is 1660. The number of nitrogens with zero attached hydrogens (tertiary/aromatic N) is 6. The van der Waals surface area contributed by atoms with Gasteiger partial charge in [-0.2, -0.15) is 17.8 Å². The zero-order valence-corrected chi connectivity index (χ0v) is 27.1. The average molecular weight is 656 g/mol. The van der Waals surface area contributed by atoms with Crippen LogP contribution in [0.5, 0.6) is 0 Å². The number of rotatable bonds is 8. The lowest BCUT2D eigenvalue weighted by atomic mass is 9.82. The van der Waals surface area contributed by atoms with Gasteiger partial charge in [-0.3, -0.25) is 4.79 Å². The van der Waals surface area contributed by atoms with Crippen molar-refractivity contribution in [3.8, 4) is 5.69 Å². The van der Waals surface area contributed by atoms with Gasteiger partial charge in [0.1, 0.15) is 11.5 Å². The summed E-state index contributed by atoms with van der Waals surface area (Å²) in [5, 5.41) is 5.91. The van der Waals surface area contributed by atoms with Crippen LogP contribution in [-0.2, 0) is 19.7 Å². The first-order valence-electron chi connectivity index (χ1n) is 16.4. The number of pyridine rings is 1. The van der Waals surface area contributed by atoms with Crippen molar-refractivity contribution >= 4 is 32.8 Å². The fourth-order valence-electron chi connectivity index (χ4n) is 7.19. The zero-order valence-electron chi connectivity index (χ0n) is 26.2. The molecule has 3 aromatic rings. The first-order valence-corrected chi connectivity index (χ1v) is 17.9. The van der Waals surface area contributed by atoms with E-state index in [4.69, 9.17) is 19.6 Å². The fourth-order valence-corrected chi connectivity index (χ4v) is 8.29. The van der Waals surface area contributed by atoms with Gasteiger partial charge in [-0.15, -0.1) is 0 Å². The van der Waals surface area contributed by atoms with Gasteiger partial charge in [0, 0.05) is 58.3 Å². The topological polar surface area (TPSA) is 122 Å². The number of carbonyl (C=O) groups excluding carboxylic acids is 1. The highest BCUT2D eigenvalue weighted by atomic mass is 32.2. The van der Waals surface area contributed by atoms with Crippen molar-refractivity contribution in [2.75, 3.05) is 64.5 Å². The smallest absolute Gasteiger partial charge is 0.304 e. The molecule has 0 unspecified atom stereocenters. The molecule has 1 saturated carbocycles. The lowest BCUT2D eigenvalue weighted by Gasteiger charge is -2.42. The third kappa shape index (κ3) is 6.25. The Balaban J connectivity index is 1.25. The molecule has 7 rings (SSSR count). The predicted octanol–water partition coefficient (Wildman–Crippen LogP) is 3.21. The molecule has 0 atom stereocenters. The van der Waals surface area contributed by atoms with Gasteiger partial charge < -0.3 is 19.3 Å². The molecule has 3 saturated heterocycles. The summed E-state index contributed by atoms with van der Waals surface area (Å²) >= 11 is 0. The number of anilines is 1. The Hall–Kier alpha value is -3.17. The minimum Gasteiger partial charge on any atom is -0.381 e. The highest BCUT2D eigenvalue weighted by Crippen LogP contribution is 2.43. The summed E-state index contributed by atoms with van der Waals surface area (Å²) in [6, 6.07) is 8.23. The molecule has 46 heavy (non-hydrogen) atoms. The van der Waals surface area contributed by atoms with Crippen molar-refractivity contribution in [1.82, 2.24) is 28.7 Å². The van der Waals surface area contributed by atoms with Gasteiger partial charge >= 0.3 is 10.2 Å². The van der Waals surface area contributed by atoms with Crippen molar-refractivity contribution in [2.24, 2.45) is 0 Å². The van der Waals surface area contributed by atoms with Crippen molar-refractivity contribution in [1.29, 1.82) is 0 Å². The van der Waals surface area contributed by atoms with Crippen LogP contribution in [0.2, 0.25) is 0 Å². The minimum atomic E-state index is -4.10. The molecule has 4 aliphatic rings. The number of likely N-dealkylation sites (tertiary alicyclic amines) is 1. The summed E-state index contributed by atoms with van der Waals surface area (Å²) in [6.07, 6.45) is 7.49. The number of morpholine rings is 1. The van der Waals surface area contributed by atoms with E-state index in [1.165, 1.54) is 16.4 Å². The number of hydrogen-bond donors (Lipinski definition) is 1. The fraction of sp³-hybridized carbons (Fsp3) is 0.594. The quantitative estimate of drug-likeness (QED) is 0.390. The summed E-state index contributed by atoms with van der Waals surface area (Å²) < 4.78 is 56.2. The van der Waals surface area contributed by atoms with Crippen molar-refractivity contribution in [3.05, 3.63) is 47.5 Å². The molecule has 3 aliphatic heterocycles. The molecule has 0 spiro atoms. The largest absolute Gasteiger partial charge is 0.381 e. The van der Waals surface area contributed by atoms with Gasteiger partial charge in [0.15, 0.2) is 5.65 Å². The van der Waals surface area contributed by atoms with Crippen LogP contribution in [0, 0.1) is 5.82 Å². The minimum absolute atomic E-state index is 0.00785. The number of ether oxygens (including phenoxy) is 2. The van der Waals surface area contributed by atoms with Gasteiger partial charge in [-0.05, 0) is 68.9 Å². The van der Waals surface area contributed by atoms with Gasteiger partial charge in [0.25, 0.3) is 5.91 Å². The molecule has 4 fully saturated rings. The molecule has 1 aromatic carbocycles. The first-order chi connectivity index (χ1) is 22.3. The summed E-state index contributed by atoms with van der Waals surface area (Å²) in [6.45, 7) is 4.50. The molecule has 14 heteroatoms. The molecule has 5 heterocycles. The second-order valence-corrected chi connectivity index (χ2v) is 14.4. The van der Waals surface area contributed by atoms with Crippen molar-refractivity contribution in [3.63, 3.8) is 0 Å². The Labute approximate surface area is 269 Å². The number of carbonyl (C=O) groups is 1. The van der Waals surface area contributed by atoms with E-state index in [2.05, 4.69) is 14.5 Å². The highest BCUT2D eigenvalue weighted by Gasteiger charge is 2.34. The Morgan fingerprint density at radius 1 is 0.978 bits per heavy atom. The van der Waals surface area contributed by atoms with Gasteiger partial charge in [0.2, 0.25) is 0 Å². The molecule has 1 amide bonds. The summed E-state index contributed by atoms with van der Waals surface area (Å²) in [5.74, 6) is -0.913. The van der Waals surface area contributed by atoms with Crippen LogP contribution in [0.3, 0.4) is 0 Å². The van der Waals surface area contributed by atoms with Gasteiger partial charge in [-0.25, -0.2) is 18.8 Å². The molecule has 12 nitrogen and oxygen atoms in total. The van der Waals surface area contributed by atoms with Crippen molar-refractivity contribution in [2.45, 2.75) is 63.0 Å². The number of piperidine rings is 2. The highest BCUT2D eigenvalue weighted by molar-refractivity contribution is 7.87. The molecule has 0 radical (unpaired) electrons. The van der Waals surface area contributed by atoms with E-state index < -0.39 is 16.1 Å². The number of aromatic nitrogens is 3. The van der Waals surface area contributed by atoms with Gasteiger partial charge in [0.05, 0.1) is 41.8 Å². The first kappa shape index (κ1) is 31.4. The number of benzene rings is 1. The average Bonchev–Trinajstić information content (AvgIpc) is 3.43. The van der Waals surface area contributed by atoms with E-state index >= 15 is 0 Å². The lowest BCUT2D eigenvalue weighted by Crippen LogP contribution is -2.49. The Morgan fingerprint density at radius 2 is 1.67 bits per heavy atom. The van der Waals surface area contributed by atoms with E-state index in [0.29, 0.717) is 23.5 Å². The third-order valence-corrected chi connectivity index (χ3v) is 11.6. The molecule has 1 aliphatic carbocycles. The summed E-state index contributed by atoms with van der Waals surface area (Å²) in [7, 11) is -2.31. The second-order valence-electron chi connectivity index (χ2n) is 12.8. The van der Waals surface area contributed by atoms with Crippen molar-refractivity contribution < 1.29 is 27.1 Å². The van der Waals surface area contributed by atoms with Gasteiger partial charge in [-0.1, -0.05) is 6.42 Å². The summed E-state index contributed by atoms with van der Waals surface area (Å²) in [4.78, 5) is 23.3. The maximum absolute atomic E-state index is 13.9. The number of nitrogens with one attached hydrogen (secondary N) is 1. The van der Waals surface area contributed by atoms with Crippen LogP contribution in [0.15, 0.2) is 30.3 Å². The molecule has 2 aromatic heterocycles. The van der Waals surface area contributed by atoms with E-state index in [-0.39, 0.29) is 43.7 Å². The standard InChI is InChI=1S/C32H42FN7O5S/c1-44-26-11-15-37(16-12-26)24-9-13-38(14-10-24)28-21-27(32(41)36-46(42,43)39-17-19-45-20-18-39)34-31-29(28)30(22-3-2-4-22)35-40(31)25-7-5-23(33)6-8-25/h5-8,21-22,24,26H,2-4,9-20H2,1H3,(H,36,41). The number of methoxy groups -OCH3 is 1. The molecule has 0 bridgehead atoms. The van der Waals surface area contributed by atoms with Crippen LogP contribution in [-0.4, -0.2) is 110 Å². The van der Waals surface area contributed by atoms with E-state index in [0.717, 1.165) is 87.9 Å². The second kappa shape index (κ2) is 13.1. The molecule has 1 N–H and O–H groups in total. The summed E-state index contributed by atoms with van der Waals surface area (Å²) in [5.41, 5.74) is 2.83. The number of hydrogen-bond acceptors (Lipinski definition) is 9. The molecule has 248 valence electrons. The number of amides is 1. The van der Waals surface area contributed by atoms with Crippen LogP contribution < -0.4 is 9.62 Å². The van der Waals surface area contributed by atoms with Crippen LogP contribution in [0.25, 0.3) is 16.7 Å². The normalized spacial score (nSPS) is 21.5. The van der Waals surface area contributed by atoms with E-state index in [1.807, 2.05) is 0 Å². The van der Waals surface area contributed by atoms with Crippen LogP contribution >= 0.6 is 0 Å². The molecular weight excluding hydrogens is 613 g/mol. The van der Waals surface area contributed by atoms with E-state index in [9.17, 15) is 17.6 Å². The maximum atomic E-state index is 13.9. The monoisotopic (exact) mass is 655 g/mol. The third-order valence-electron chi connectivity index (χ3n) is 10.1. The van der Waals surface area contributed by atoms with Crippen LogP contribution in [0.1, 0.15) is 67.0 Å². The maximum Gasteiger partial charge on any atom is 0.304 e. The Kier molecular flexibility index (Phi) is 8.98. The number of halogens is 1. The molecular formula is C32H42FN7O5S. The zero-order chi connectivity index (χ0) is 31.8. The SMILES string of the molecule is COC1CCN(C2CCN(c3cc(C(=O)NS(=O)(=O)N4CCOCC4)nc4c3c(C3CCC3)nn4-c3ccc(F)cc3)CC2)CC1. The predicted molar refractivity (Wildman–Crippen MR) is 171 cm³/mol. The van der Waals surface area contributed by atoms with Crippen LogP contribution in [0.4, 0.5) is 10.1 Å². The number of fused-ring (bicyclic) bond motifs is 1. The lowest BCUT2D eigenvalue weighted by molar-refractivity contribution is 0.0233. The Morgan fingerprint density at radius 3 is 2.30 bits per heavy atom.